The van der Waals surface area contributed by atoms with Gasteiger partial charge in [0.2, 0.25) is 11.8 Å². The molecule has 3 heterocycles. The summed E-state index contributed by atoms with van der Waals surface area (Å²) < 4.78 is 0.808. The maximum Gasteiger partial charge on any atom is 0.240 e. The molecule has 0 aromatic heterocycles. The highest BCUT2D eigenvalue weighted by Crippen LogP contribution is 2.47. The number of fused-ring (bicyclic) bond motifs is 3. The van der Waals surface area contributed by atoms with E-state index in [9.17, 15) is 19.2 Å². The van der Waals surface area contributed by atoms with Crippen LogP contribution in [-0.2, 0) is 9.59 Å². The number of hydrogen-bond acceptors (Lipinski definition) is 5. The molecule has 2 saturated heterocycles. The molecule has 6 nitrogen and oxygen atoms in total. The molecular formula is C30H19BrCl2N2O4. The number of anilines is 1. The average molecular weight is 622 g/mol. The molecule has 39 heavy (non-hydrogen) atoms. The van der Waals surface area contributed by atoms with Crippen LogP contribution < -0.4 is 4.90 Å². The van der Waals surface area contributed by atoms with Crippen LogP contribution in [0.5, 0.6) is 0 Å². The van der Waals surface area contributed by atoms with Crippen LogP contribution in [0.4, 0.5) is 5.69 Å². The Balaban J connectivity index is 1.44. The van der Waals surface area contributed by atoms with Crippen molar-refractivity contribution in [3.63, 3.8) is 0 Å². The predicted molar refractivity (Wildman–Crippen MR) is 152 cm³/mol. The van der Waals surface area contributed by atoms with Gasteiger partial charge in [-0.25, -0.2) is 4.90 Å². The number of nitrogens with zero attached hydrogens (tertiary/aromatic N) is 2. The molecule has 9 heteroatoms. The minimum Gasteiger partial charge on any atom is -0.359 e. The molecule has 6 rings (SSSR count). The lowest BCUT2D eigenvalue weighted by atomic mass is 9.85. The van der Waals surface area contributed by atoms with Gasteiger partial charge in [0.1, 0.15) is 6.04 Å². The third-order valence-corrected chi connectivity index (χ3v) is 8.31. The minimum absolute atomic E-state index is 0.207. The first-order chi connectivity index (χ1) is 18.7. The number of carbonyl (C=O) groups is 4. The van der Waals surface area contributed by atoms with Gasteiger partial charge in [0, 0.05) is 37.4 Å². The van der Waals surface area contributed by atoms with Crippen LogP contribution >= 0.6 is 39.1 Å². The first kappa shape index (κ1) is 25.7. The number of carbonyl (C=O) groups excluding carboxylic acids is 4. The summed E-state index contributed by atoms with van der Waals surface area (Å²) in [5.41, 5.74) is 1.55. The zero-order chi connectivity index (χ0) is 27.4. The number of allylic oxidation sites excluding steroid dienone is 2. The van der Waals surface area contributed by atoms with E-state index < -0.39 is 35.7 Å². The molecule has 2 amide bonds. The van der Waals surface area contributed by atoms with Gasteiger partial charge >= 0.3 is 0 Å². The van der Waals surface area contributed by atoms with Crippen LogP contribution in [0.1, 0.15) is 20.7 Å². The Morgan fingerprint density at radius 1 is 0.795 bits per heavy atom. The zero-order valence-corrected chi connectivity index (χ0v) is 23.2. The second-order valence-electron chi connectivity index (χ2n) is 9.58. The maximum atomic E-state index is 13.9. The van der Waals surface area contributed by atoms with Crippen molar-refractivity contribution in [3.05, 3.63) is 122 Å². The van der Waals surface area contributed by atoms with Crippen LogP contribution in [0.25, 0.3) is 0 Å². The maximum absolute atomic E-state index is 13.9. The quantitative estimate of drug-likeness (QED) is 0.253. The number of halogens is 3. The lowest BCUT2D eigenvalue weighted by molar-refractivity contribution is -0.123. The molecule has 0 bridgehead atoms. The summed E-state index contributed by atoms with van der Waals surface area (Å²) in [6.07, 6.45) is 4.99. The van der Waals surface area contributed by atoms with Gasteiger partial charge in [0.25, 0.3) is 0 Å². The fraction of sp³-hybridized carbons (Fsp3) is 0.133. The molecule has 3 aromatic rings. The van der Waals surface area contributed by atoms with Crippen molar-refractivity contribution in [1.82, 2.24) is 4.90 Å². The molecule has 3 aromatic carbocycles. The summed E-state index contributed by atoms with van der Waals surface area (Å²) in [6, 6.07) is 18.5. The Morgan fingerprint density at radius 3 is 2.10 bits per heavy atom. The Hall–Kier alpha value is -3.52. The Bertz CT molecular complexity index is 1580. The van der Waals surface area contributed by atoms with Crippen molar-refractivity contribution >= 4 is 68.2 Å². The second kappa shape index (κ2) is 9.90. The van der Waals surface area contributed by atoms with Gasteiger partial charge in [0.15, 0.2) is 11.6 Å². The van der Waals surface area contributed by atoms with Crippen molar-refractivity contribution in [2.75, 3.05) is 4.90 Å². The number of hydrogen-bond donors (Lipinski definition) is 0. The number of ketones is 2. The summed E-state index contributed by atoms with van der Waals surface area (Å²) in [6.45, 7) is 0. The van der Waals surface area contributed by atoms with Gasteiger partial charge in [-0.2, -0.15) is 0 Å². The number of Topliss-reactive ketones (excluding diaryl/α,β-unsaturated/α-hetero) is 2. The molecule has 0 aliphatic carbocycles. The first-order valence-corrected chi connectivity index (χ1v) is 13.7. The third-order valence-electron chi connectivity index (χ3n) is 7.35. The largest absolute Gasteiger partial charge is 0.359 e. The molecule has 4 atom stereocenters. The zero-order valence-electron chi connectivity index (χ0n) is 20.1. The van der Waals surface area contributed by atoms with E-state index in [1.807, 2.05) is 6.07 Å². The Morgan fingerprint density at radius 2 is 1.44 bits per heavy atom. The molecule has 0 spiro atoms. The Labute approximate surface area is 242 Å². The van der Waals surface area contributed by atoms with Crippen molar-refractivity contribution in [1.29, 1.82) is 0 Å². The van der Waals surface area contributed by atoms with E-state index in [1.165, 1.54) is 18.2 Å². The molecule has 3 aliphatic heterocycles. The second-order valence-corrected chi connectivity index (χ2v) is 11.4. The lowest BCUT2D eigenvalue weighted by Gasteiger charge is -2.33. The fourth-order valence-corrected chi connectivity index (χ4v) is 6.44. The van der Waals surface area contributed by atoms with E-state index in [1.54, 1.807) is 71.8 Å². The van der Waals surface area contributed by atoms with Crippen LogP contribution in [0, 0.1) is 11.8 Å². The highest BCUT2D eigenvalue weighted by atomic mass is 79.9. The predicted octanol–water partition coefficient (Wildman–Crippen LogP) is 6.13. The molecule has 0 N–H and O–H groups in total. The van der Waals surface area contributed by atoms with Gasteiger partial charge in [-0.05, 0) is 36.4 Å². The van der Waals surface area contributed by atoms with Crippen molar-refractivity contribution < 1.29 is 19.2 Å². The number of amides is 2. The standard InChI is InChI=1S/C30H19BrCl2N2O4/c31-19-8-6-17(7-9-19)28(37)26-25-24(29(38)35(30(25)39)22-14-20(32)13-21(33)15-22)23-12-18(10-11-34(23)26)27(36)16-4-2-1-3-5-16/h1-15,23-26H/t23-,24+,25-,26+/m0/s1. The number of rotatable bonds is 5. The molecule has 0 unspecified atom stereocenters. The molecule has 194 valence electrons. The van der Waals surface area contributed by atoms with Gasteiger partial charge < -0.3 is 4.90 Å². The van der Waals surface area contributed by atoms with Crippen molar-refractivity contribution in [2.45, 2.75) is 12.1 Å². The summed E-state index contributed by atoms with van der Waals surface area (Å²) in [7, 11) is 0. The Kier molecular flexibility index (Phi) is 6.53. The highest BCUT2D eigenvalue weighted by molar-refractivity contribution is 9.10. The number of imide groups is 1. The summed E-state index contributed by atoms with van der Waals surface area (Å²) in [5.74, 6) is -3.33. The molecule has 3 aliphatic rings. The van der Waals surface area contributed by atoms with E-state index in [0.717, 1.165) is 9.37 Å². The van der Waals surface area contributed by atoms with Crippen molar-refractivity contribution in [2.24, 2.45) is 11.8 Å². The SMILES string of the molecule is O=C(C1=C[C@H]2[C@H]3C(=O)N(c4cc(Cl)cc(Cl)c4)C(=O)[C@@H]3[C@H](C(=O)c3ccc(Br)cc3)N2C=C1)c1ccccc1. The van der Waals surface area contributed by atoms with E-state index in [0.29, 0.717) is 16.7 Å². The summed E-state index contributed by atoms with van der Waals surface area (Å²) in [4.78, 5) is 57.8. The van der Waals surface area contributed by atoms with Crippen LogP contribution in [0.2, 0.25) is 10.0 Å². The lowest BCUT2D eigenvalue weighted by Crippen LogP contribution is -2.46. The normalized spacial score (nSPS) is 23.5. The van der Waals surface area contributed by atoms with Crippen LogP contribution in [-0.4, -0.2) is 40.4 Å². The monoisotopic (exact) mass is 620 g/mol. The van der Waals surface area contributed by atoms with E-state index >= 15 is 0 Å². The van der Waals surface area contributed by atoms with Gasteiger partial charge in [-0.15, -0.1) is 0 Å². The molecule has 0 radical (unpaired) electrons. The van der Waals surface area contributed by atoms with Crippen molar-refractivity contribution in [3.8, 4) is 0 Å². The fourth-order valence-electron chi connectivity index (χ4n) is 5.66. The molecule has 2 fully saturated rings. The van der Waals surface area contributed by atoms with E-state index in [2.05, 4.69) is 15.9 Å². The first-order valence-electron chi connectivity index (χ1n) is 12.2. The van der Waals surface area contributed by atoms with Gasteiger partial charge in [-0.1, -0.05) is 87.7 Å². The molecule has 0 saturated carbocycles. The highest BCUT2D eigenvalue weighted by Gasteiger charge is 2.63. The smallest absolute Gasteiger partial charge is 0.240 e. The summed E-state index contributed by atoms with van der Waals surface area (Å²) in [5, 5.41) is 0.547. The van der Waals surface area contributed by atoms with E-state index in [-0.39, 0.29) is 27.3 Å². The van der Waals surface area contributed by atoms with Gasteiger partial charge in [-0.3, -0.25) is 19.2 Å². The topological polar surface area (TPSA) is 74.8 Å². The number of benzene rings is 3. The molecular weight excluding hydrogens is 603 g/mol. The minimum atomic E-state index is -0.969. The van der Waals surface area contributed by atoms with Crippen LogP contribution in [0.15, 0.2) is 101 Å². The van der Waals surface area contributed by atoms with Gasteiger partial charge in [0.05, 0.1) is 23.6 Å². The third kappa shape index (κ3) is 4.35. The summed E-state index contributed by atoms with van der Waals surface area (Å²) >= 11 is 15.7. The van der Waals surface area contributed by atoms with Crippen LogP contribution in [0.3, 0.4) is 0 Å². The average Bonchev–Trinajstić information content (AvgIpc) is 3.39. The van der Waals surface area contributed by atoms with E-state index in [4.69, 9.17) is 23.2 Å².